The Morgan fingerprint density at radius 3 is 2.70 bits per heavy atom. The van der Waals surface area contributed by atoms with E-state index >= 15 is 0 Å². The van der Waals surface area contributed by atoms with Crippen molar-refractivity contribution < 1.29 is 9.90 Å². The van der Waals surface area contributed by atoms with Crippen LogP contribution >= 0.6 is 0 Å². The Labute approximate surface area is 119 Å². The van der Waals surface area contributed by atoms with E-state index in [0.29, 0.717) is 13.0 Å². The van der Waals surface area contributed by atoms with Crippen molar-refractivity contribution in [3.63, 3.8) is 0 Å². The summed E-state index contributed by atoms with van der Waals surface area (Å²) >= 11 is 0. The quantitative estimate of drug-likeness (QED) is 0.809. The molecular formula is C17H21NO2. The predicted molar refractivity (Wildman–Crippen MR) is 81.7 cm³/mol. The highest BCUT2D eigenvalue weighted by Gasteiger charge is 2.15. The van der Waals surface area contributed by atoms with Crippen molar-refractivity contribution in [3.8, 4) is 0 Å². The fourth-order valence-corrected chi connectivity index (χ4v) is 2.40. The van der Waals surface area contributed by atoms with Crippen molar-refractivity contribution in [1.82, 2.24) is 5.32 Å². The molecule has 1 atom stereocenters. The lowest BCUT2D eigenvalue weighted by molar-refractivity contribution is -0.139. The van der Waals surface area contributed by atoms with Gasteiger partial charge in [-0.1, -0.05) is 62.2 Å². The highest BCUT2D eigenvalue weighted by molar-refractivity contribution is 5.85. The zero-order chi connectivity index (χ0) is 14.4. The number of benzene rings is 2. The molecule has 106 valence electrons. The van der Waals surface area contributed by atoms with Crippen LogP contribution in [-0.4, -0.2) is 17.1 Å². The molecule has 3 heteroatoms. The van der Waals surface area contributed by atoms with Gasteiger partial charge in [0.1, 0.15) is 6.04 Å². The van der Waals surface area contributed by atoms with E-state index in [1.54, 1.807) is 0 Å². The Morgan fingerprint density at radius 2 is 1.95 bits per heavy atom. The zero-order valence-corrected chi connectivity index (χ0v) is 11.8. The van der Waals surface area contributed by atoms with Gasteiger partial charge in [-0.15, -0.1) is 0 Å². The second kappa shape index (κ2) is 7.06. The highest BCUT2D eigenvalue weighted by atomic mass is 16.4. The molecule has 2 aromatic carbocycles. The molecule has 0 radical (unpaired) electrons. The van der Waals surface area contributed by atoms with Crippen molar-refractivity contribution in [2.24, 2.45) is 0 Å². The molecule has 0 saturated carbocycles. The van der Waals surface area contributed by atoms with E-state index in [2.05, 4.69) is 30.4 Å². The van der Waals surface area contributed by atoms with Crippen LogP contribution in [0.2, 0.25) is 0 Å². The van der Waals surface area contributed by atoms with E-state index in [4.69, 9.17) is 0 Å². The second-order valence-electron chi connectivity index (χ2n) is 5.05. The molecule has 2 N–H and O–H groups in total. The Bertz CT molecular complexity index is 575. The largest absolute Gasteiger partial charge is 0.480 e. The average molecular weight is 271 g/mol. The molecule has 2 aromatic rings. The number of unbranched alkanes of at least 4 members (excludes halogenated alkanes) is 1. The monoisotopic (exact) mass is 271 g/mol. The number of carboxylic acids is 1. The van der Waals surface area contributed by atoms with Crippen LogP contribution in [0.4, 0.5) is 0 Å². The van der Waals surface area contributed by atoms with E-state index < -0.39 is 12.0 Å². The molecule has 0 aliphatic carbocycles. The molecule has 0 aliphatic heterocycles. The average Bonchev–Trinajstić information content (AvgIpc) is 2.47. The molecule has 0 aliphatic rings. The molecule has 0 spiro atoms. The second-order valence-corrected chi connectivity index (χ2v) is 5.05. The molecule has 3 nitrogen and oxygen atoms in total. The molecular weight excluding hydrogens is 250 g/mol. The van der Waals surface area contributed by atoms with Gasteiger partial charge < -0.3 is 10.4 Å². The fourth-order valence-electron chi connectivity index (χ4n) is 2.40. The molecule has 20 heavy (non-hydrogen) atoms. The Hall–Kier alpha value is -1.87. The minimum Gasteiger partial charge on any atom is -0.480 e. The van der Waals surface area contributed by atoms with E-state index in [1.807, 2.05) is 24.3 Å². The van der Waals surface area contributed by atoms with Gasteiger partial charge in [0.2, 0.25) is 0 Å². The first-order chi connectivity index (χ1) is 9.72. The topological polar surface area (TPSA) is 49.3 Å². The van der Waals surface area contributed by atoms with Gasteiger partial charge in [-0.3, -0.25) is 4.79 Å². The normalized spacial score (nSPS) is 12.4. The summed E-state index contributed by atoms with van der Waals surface area (Å²) in [6.07, 6.45) is 2.62. The van der Waals surface area contributed by atoms with Crippen LogP contribution < -0.4 is 5.32 Å². The Kier molecular flexibility index (Phi) is 5.13. The molecule has 0 aromatic heterocycles. The molecule has 1 unspecified atom stereocenters. The Balaban J connectivity index is 2.09. The van der Waals surface area contributed by atoms with Crippen molar-refractivity contribution >= 4 is 16.7 Å². The first-order valence-electron chi connectivity index (χ1n) is 7.15. The summed E-state index contributed by atoms with van der Waals surface area (Å²) in [5, 5.41) is 14.8. The lowest BCUT2D eigenvalue weighted by atomic mass is 10.0. The van der Waals surface area contributed by atoms with E-state index in [-0.39, 0.29) is 0 Å². The van der Waals surface area contributed by atoms with Crippen molar-refractivity contribution in [2.45, 2.75) is 38.8 Å². The summed E-state index contributed by atoms with van der Waals surface area (Å²) in [4.78, 5) is 11.2. The van der Waals surface area contributed by atoms with E-state index in [1.165, 1.54) is 10.8 Å². The number of carbonyl (C=O) groups is 1. The highest BCUT2D eigenvalue weighted by Crippen LogP contribution is 2.18. The lowest BCUT2D eigenvalue weighted by Crippen LogP contribution is -2.36. The number of carboxylic acid groups (broad SMARTS) is 1. The van der Waals surface area contributed by atoms with Gasteiger partial charge in [0.05, 0.1) is 0 Å². The molecule has 0 heterocycles. The maximum atomic E-state index is 11.2. The van der Waals surface area contributed by atoms with Gasteiger partial charge in [0.15, 0.2) is 0 Å². The minimum atomic E-state index is -0.765. The summed E-state index contributed by atoms with van der Waals surface area (Å²) in [6, 6.07) is 13.9. The SMILES string of the molecule is CCCCC(NCc1cccc2ccccc12)C(=O)O. The third kappa shape index (κ3) is 3.58. The van der Waals surface area contributed by atoms with Crippen molar-refractivity contribution in [1.29, 1.82) is 0 Å². The lowest BCUT2D eigenvalue weighted by Gasteiger charge is -2.15. The third-order valence-corrected chi connectivity index (χ3v) is 3.56. The van der Waals surface area contributed by atoms with Crippen LogP contribution in [0.25, 0.3) is 10.8 Å². The smallest absolute Gasteiger partial charge is 0.320 e. The van der Waals surface area contributed by atoms with Crippen LogP contribution in [0, 0.1) is 0 Å². The van der Waals surface area contributed by atoms with Crippen LogP contribution in [0.15, 0.2) is 42.5 Å². The van der Waals surface area contributed by atoms with E-state index in [9.17, 15) is 9.90 Å². The number of hydrogen-bond donors (Lipinski definition) is 2. The van der Waals surface area contributed by atoms with Crippen LogP contribution in [0.3, 0.4) is 0 Å². The van der Waals surface area contributed by atoms with Crippen LogP contribution in [0.5, 0.6) is 0 Å². The molecule has 0 saturated heterocycles. The summed E-state index contributed by atoms with van der Waals surface area (Å²) in [7, 11) is 0. The summed E-state index contributed by atoms with van der Waals surface area (Å²) in [5.41, 5.74) is 1.14. The van der Waals surface area contributed by atoms with Gasteiger partial charge in [-0.2, -0.15) is 0 Å². The Morgan fingerprint density at radius 1 is 1.20 bits per heavy atom. The summed E-state index contributed by atoms with van der Waals surface area (Å²) < 4.78 is 0. The van der Waals surface area contributed by atoms with Crippen molar-refractivity contribution in [2.75, 3.05) is 0 Å². The third-order valence-electron chi connectivity index (χ3n) is 3.56. The standard InChI is InChI=1S/C17H21NO2/c1-2-3-11-16(17(19)20)18-12-14-9-6-8-13-7-4-5-10-15(13)14/h4-10,16,18H,2-3,11-12H2,1H3,(H,19,20). The van der Waals surface area contributed by atoms with Gasteiger partial charge >= 0.3 is 5.97 Å². The number of aliphatic carboxylic acids is 1. The zero-order valence-electron chi connectivity index (χ0n) is 11.8. The van der Waals surface area contributed by atoms with Gasteiger partial charge in [0.25, 0.3) is 0 Å². The number of fused-ring (bicyclic) bond motifs is 1. The summed E-state index contributed by atoms with van der Waals surface area (Å²) in [6.45, 7) is 2.66. The van der Waals surface area contributed by atoms with Gasteiger partial charge in [-0.25, -0.2) is 0 Å². The van der Waals surface area contributed by atoms with Crippen LogP contribution in [-0.2, 0) is 11.3 Å². The minimum absolute atomic E-state index is 0.464. The predicted octanol–water partition coefficient (Wildman–Crippen LogP) is 3.57. The van der Waals surface area contributed by atoms with Crippen molar-refractivity contribution in [3.05, 3.63) is 48.0 Å². The molecule has 0 bridgehead atoms. The fraction of sp³-hybridized carbons (Fsp3) is 0.353. The number of hydrogen-bond acceptors (Lipinski definition) is 2. The summed E-state index contributed by atoms with van der Waals surface area (Å²) in [5.74, 6) is -0.765. The molecule has 0 fully saturated rings. The number of nitrogens with one attached hydrogen (secondary N) is 1. The van der Waals surface area contributed by atoms with Gasteiger partial charge in [-0.05, 0) is 22.8 Å². The van der Waals surface area contributed by atoms with Gasteiger partial charge in [0, 0.05) is 6.54 Å². The maximum Gasteiger partial charge on any atom is 0.320 e. The molecule has 2 rings (SSSR count). The number of rotatable bonds is 7. The first kappa shape index (κ1) is 14.5. The first-order valence-corrected chi connectivity index (χ1v) is 7.15. The van der Waals surface area contributed by atoms with E-state index in [0.717, 1.165) is 18.4 Å². The maximum absolute atomic E-state index is 11.2. The molecule has 0 amide bonds. The van der Waals surface area contributed by atoms with Crippen LogP contribution in [0.1, 0.15) is 31.7 Å².